The third kappa shape index (κ3) is 1.54. The van der Waals surface area contributed by atoms with Crippen molar-refractivity contribution in [3.05, 3.63) is 39.6 Å². The molecule has 0 atom stereocenters. The minimum absolute atomic E-state index is 0.0550. The van der Waals surface area contributed by atoms with E-state index < -0.39 is 11.2 Å². The summed E-state index contributed by atoms with van der Waals surface area (Å²) in [6.45, 7) is 1.56. The molecule has 0 aliphatic heterocycles. The van der Waals surface area contributed by atoms with Crippen LogP contribution in [-0.2, 0) is 0 Å². The summed E-state index contributed by atoms with van der Waals surface area (Å²) in [6.07, 6.45) is 4.03. The van der Waals surface area contributed by atoms with Crippen molar-refractivity contribution in [3.63, 3.8) is 0 Å². The average Bonchev–Trinajstić information content (AvgIpc) is 3.17. The number of halogens is 1. The zero-order valence-electron chi connectivity index (χ0n) is 9.81. The summed E-state index contributed by atoms with van der Waals surface area (Å²) in [5.74, 6) is -0.523. The van der Waals surface area contributed by atoms with Crippen LogP contribution in [0.25, 0.3) is 11.0 Å². The molecule has 2 aromatic rings. The third-order valence-corrected chi connectivity index (χ3v) is 3.23. The Labute approximate surface area is 102 Å². The Morgan fingerprint density at radius 3 is 2.83 bits per heavy atom. The molecule has 1 fully saturated rings. The van der Waals surface area contributed by atoms with Gasteiger partial charge < -0.3 is 4.57 Å². The van der Waals surface area contributed by atoms with E-state index in [2.05, 4.69) is 4.98 Å². The number of carbonyl (C=O) groups is 1. The summed E-state index contributed by atoms with van der Waals surface area (Å²) in [6, 6.07) is 1.44. The number of aryl methyl sites for hydroxylation is 1. The second-order valence-corrected chi connectivity index (χ2v) is 4.60. The zero-order chi connectivity index (χ0) is 12.9. The van der Waals surface area contributed by atoms with E-state index in [4.69, 9.17) is 0 Å². The van der Waals surface area contributed by atoms with Gasteiger partial charge in [0.05, 0.1) is 16.6 Å². The predicted molar refractivity (Wildman–Crippen MR) is 64.4 cm³/mol. The van der Waals surface area contributed by atoms with Gasteiger partial charge in [-0.25, -0.2) is 9.37 Å². The SMILES string of the molecule is Cc1nc2c(cc1F)c(=O)c(C=O)cn2C1CC1. The summed E-state index contributed by atoms with van der Waals surface area (Å²) < 4.78 is 15.3. The van der Waals surface area contributed by atoms with Crippen LogP contribution in [-0.4, -0.2) is 15.8 Å². The van der Waals surface area contributed by atoms with E-state index in [0.29, 0.717) is 11.9 Å². The molecule has 1 saturated carbocycles. The molecule has 1 aliphatic carbocycles. The lowest BCUT2D eigenvalue weighted by atomic mass is 10.2. The Hall–Kier alpha value is -2.04. The van der Waals surface area contributed by atoms with E-state index in [1.807, 2.05) is 4.57 Å². The number of aldehydes is 1. The molecule has 0 N–H and O–H groups in total. The topological polar surface area (TPSA) is 52.0 Å². The van der Waals surface area contributed by atoms with Crippen LogP contribution in [0.15, 0.2) is 17.1 Å². The Balaban J connectivity index is 2.46. The Bertz CT molecular complexity index is 717. The first-order valence-electron chi connectivity index (χ1n) is 5.79. The number of fused-ring (bicyclic) bond motifs is 1. The lowest BCUT2D eigenvalue weighted by molar-refractivity contribution is 0.112. The van der Waals surface area contributed by atoms with Crippen LogP contribution in [0.4, 0.5) is 4.39 Å². The average molecular weight is 246 g/mol. The van der Waals surface area contributed by atoms with Crippen LogP contribution < -0.4 is 5.43 Å². The van der Waals surface area contributed by atoms with Gasteiger partial charge in [0.2, 0.25) is 5.43 Å². The van der Waals surface area contributed by atoms with Gasteiger partial charge in [0.15, 0.2) is 6.29 Å². The molecule has 92 valence electrons. The molecule has 4 nitrogen and oxygen atoms in total. The Kier molecular flexibility index (Phi) is 2.29. The normalized spacial score (nSPS) is 15.0. The van der Waals surface area contributed by atoms with Crippen LogP contribution in [0, 0.1) is 12.7 Å². The van der Waals surface area contributed by atoms with Gasteiger partial charge in [-0.15, -0.1) is 0 Å². The van der Waals surface area contributed by atoms with Crippen molar-refractivity contribution in [3.8, 4) is 0 Å². The van der Waals surface area contributed by atoms with E-state index in [0.717, 1.165) is 12.8 Å². The van der Waals surface area contributed by atoms with E-state index in [-0.39, 0.29) is 22.7 Å². The maximum Gasteiger partial charge on any atom is 0.201 e. The first-order valence-corrected chi connectivity index (χ1v) is 5.79. The van der Waals surface area contributed by atoms with Crippen molar-refractivity contribution < 1.29 is 9.18 Å². The molecule has 2 heterocycles. The fourth-order valence-corrected chi connectivity index (χ4v) is 2.07. The lowest BCUT2D eigenvalue weighted by Gasteiger charge is -2.10. The molecule has 0 unspecified atom stereocenters. The number of carbonyl (C=O) groups excluding carboxylic acids is 1. The number of hydrogen-bond donors (Lipinski definition) is 0. The second-order valence-electron chi connectivity index (χ2n) is 4.60. The number of aromatic nitrogens is 2. The Morgan fingerprint density at radius 1 is 1.50 bits per heavy atom. The van der Waals surface area contributed by atoms with Gasteiger partial charge in [-0.1, -0.05) is 0 Å². The van der Waals surface area contributed by atoms with Crippen LogP contribution in [0.1, 0.15) is 34.9 Å². The van der Waals surface area contributed by atoms with Crippen LogP contribution in [0.2, 0.25) is 0 Å². The van der Waals surface area contributed by atoms with Crippen LogP contribution >= 0.6 is 0 Å². The van der Waals surface area contributed by atoms with E-state index in [1.165, 1.54) is 12.3 Å². The van der Waals surface area contributed by atoms with Gasteiger partial charge >= 0.3 is 0 Å². The number of rotatable bonds is 2. The smallest absolute Gasteiger partial charge is 0.201 e. The van der Waals surface area contributed by atoms with Crippen molar-refractivity contribution in [2.75, 3.05) is 0 Å². The summed E-state index contributed by atoms with van der Waals surface area (Å²) in [5, 5.41) is 0.176. The highest BCUT2D eigenvalue weighted by Gasteiger charge is 2.26. The van der Waals surface area contributed by atoms with Gasteiger partial charge in [0, 0.05) is 12.2 Å². The molecule has 0 spiro atoms. The molecule has 3 rings (SSSR count). The molecule has 0 aromatic carbocycles. The van der Waals surface area contributed by atoms with E-state index in [9.17, 15) is 14.0 Å². The highest BCUT2D eigenvalue weighted by molar-refractivity contribution is 5.84. The van der Waals surface area contributed by atoms with E-state index in [1.54, 1.807) is 6.92 Å². The molecule has 0 saturated heterocycles. The highest BCUT2D eigenvalue weighted by atomic mass is 19.1. The van der Waals surface area contributed by atoms with Gasteiger partial charge in [0.25, 0.3) is 0 Å². The minimum Gasteiger partial charge on any atom is -0.328 e. The summed E-state index contributed by atoms with van der Waals surface area (Å²) >= 11 is 0. The molecule has 0 bridgehead atoms. The van der Waals surface area contributed by atoms with Gasteiger partial charge in [-0.3, -0.25) is 9.59 Å². The Morgan fingerprint density at radius 2 is 2.22 bits per heavy atom. The largest absolute Gasteiger partial charge is 0.328 e. The highest BCUT2D eigenvalue weighted by Crippen LogP contribution is 2.36. The molecule has 5 heteroatoms. The second kappa shape index (κ2) is 3.73. The number of pyridine rings is 2. The summed E-state index contributed by atoms with van der Waals surface area (Å²) in [5.41, 5.74) is 0.324. The maximum absolute atomic E-state index is 13.5. The van der Waals surface area contributed by atoms with Crippen molar-refractivity contribution >= 4 is 17.3 Å². The lowest BCUT2D eigenvalue weighted by Crippen LogP contribution is -2.15. The summed E-state index contributed by atoms with van der Waals surface area (Å²) in [4.78, 5) is 27.0. The van der Waals surface area contributed by atoms with Crippen molar-refractivity contribution in [2.45, 2.75) is 25.8 Å². The zero-order valence-corrected chi connectivity index (χ0v) is 9.81. The van der Waals surface area contributed by atoms with Gasteiger partial charge in [-0.2, -0.15) is 0 Å². The standard InChI is InChI=1S/C13H11FN2O2/c1-7-11(14)4-10-12(18)8(6-17)5-16(9-2-3-9)13(10)15-7/h4-6,9H,2-3H2,1H3. The molecule has 1 aliphatic rings. The minimum atomic E-state index is -0.523. The quantitative estimate of drug-likeness (QED) is 0.761. The first kappa shape index (κ1) is 11.1. The first-order chi connectivity index (χ1) is 8.61. The monoisotopic (exact) mass is 246 g/mol. The number of nitrogens with zero attached hydrogens (tertiary/aromatic N) is 2. The van der Waals surface area contributed by atoms with Gasteiger partial charge in [0.1, 0.15) is 11.5 Å². The summed E-state index contributed by atoms with van der Waals surface area (Å²) in [7, 11) is 0. The van der Waals surface area contributed by atoms with Gasteiger partial charge in [-0.05, 0) is 25.8 Å². The fraction of sp³-hybridized carbons (Fsp3) is 0.308. The molecule has 18 heavy (non-hydrogen) atoms. The molecule has 0 amide bonds. The van der Waals surface area contributed by atoms with Crippen LogP contribution in [0.3, 0.4) is 0 Å². The van der Waals surface area contributed by atoms with E-state index >= 15 is 0 Å². The van der Waals surface area contributed by atoms with Crippen LogP contribution in [0.5, 0.6) is 0 Å². The molecule has 0 radical (unpaired) electrons. The molecular weight excluding hydrogens is 235 g/mol. The van der Waals surface area contributed by atoms with Crippen molar-refractivity contribution in [2.24, 2.45) is 0 Å². The van der Waals surface area contributed by atoms with Crippen molar-refractivity contribution in [1.29, 1.82) is 0 Å². The maximum atomic E-state index is 13.5. The predicted octanol–water partition coefficient (Wildman–Crippen LogP) is 1.99. The fourth-order valence-electron chi connectivity index (χ4n) is 2.07. The third-order valence-electron chi connectivity index (χ3n) is 3.23. The van der Waals surface area contributed by atoms with Crippen molar-refractivity contribution in [1.82, 2.24) is 9.55 Å². The molecule has 2 aromatic heterocycles. The molecular formula is C13H11FN2O2. The number of hydrogen-bond acceptors (Lipinski definition) is 3.